The van der Waals surface area contributed by atoms with Gasteiger partial charge in [-0.3, -0.25) is 5.41 Å². The Labute approximate surface area is 111 Å². The Hall–Kier alpha value is -0.830. The zero-order valence-electron chi connectivity index (χ0n) is 11.0. The first-order chi connectivity index (χ1) is 8.49. The van der Waals surface area contributed by atoms with Crippen LogP contribution in [-0.2, 0) is 10.0 Å². The molecule has 0 fully saturated rings. The van der Waals surface area contributed by atoms with Crippen molar-refractivity contribution in [3.63, 3.8) is 0 Å². The van der Waals surface area contributed by atoms with E-state index < -0.39 is 40.7 Å². The van der Waals surface area contributed by atoms with Crippen molar-refractivity contribution in [3.05, 3.63) is 0 Å². The van der Waals surface area contributed by atoms with E-state index in [4.69, 9.17) is 11.1 Å². The van der Waals surface area contributed by atoms with Gasteiger partial charge in [-0.1, -0.05) is 13.8 Å². The van der Waals surface area contributed by atoms with Crippen molar-refractivity contribution in [2.24, 2.45) is 11.7 Å². The van der Waals surface area contributed by atoms with Gasteiger partial charge in [-0.2, -0.15) is 13.2 Å². The van der Waals surface area contributed by atoms with E-state index in [1.54, 1.807) is 13.8 Å². The van der Waals surface area contributed by atoms with Crippen molar-refractivity contribution < 1.29 is 21.6 Å². The van der Waals surface area contributed by atoms with Crippen LogP contribution in [0.3, 0.4) is 0 Å². The van der Waals surface area contributed by atoms with E-state index in [2.05, 4.69) is 0 Å². The largest absolute Gasteiger partial charge is 0.389 e. The molecular formula is C10H20F3N3O2S. The molecule has 1 unspecified atom stereocenters. The Morgan fingerprint density at radius 3 is 2.32 bits per heavy atom. The van der Waals surface area contributed by atoms with Gasteiger partial charge in [0.1, 0.15) is 0 Å². The van der Waals surface area contributed by atoms with Gasteiger partial charge < -0.3 is 5.73 Å². The summed E-state index contributed by atoms with van der Waals surface area (Å²) >= 11 is 0. The van der Waals surface area contributed by atoms with Gasteiger partial charge in [0.2, 0.25) is 10.0 Å². The van der Waals surface area contributed by atoms with Crippen LogP contribution in [0.2, 0.25) is 0 Å². The van der Waals surface area contributed by atoms with E-state index in [1.807, 2.05) is 0 Å². The molecule has 0 heterocycles. The first kappa shape index (κ1) is 18.2. The van der Waals surface area contributed by atoms with Crippen LogP contribution < -0.4 is 5.73 Å². The lowest BCUT2D eigenvalue weighted by atomic mass is 10.1. The van der Waals surface area contributed by atoms with Gasteiger partial charge in [-0.15, -0.1) is 0 Å². The molecule has 0 aliphatic heterocycles. The molecule has 0 bridgehead atoms. The lowest BCUT2D eigenvalue weighted by Crippen LogP contribution is -2.39. The van der Waals surface area contributed by atoms with E-state index in [-0.39, 0.29) is 18.9 Å². The second kappa shape index (κ2) is 7.09. The van der Waals surface area contributed by atoms with Gasteiger partial charge in [-0.05, 0) is 6.42 Å². The Kier molecular flexibility index (Phi) is 6.78. The Morgan fingerprint density at radius 1 is 1.42 bits per heavy atom. The van der Waals surface area contributed by atoms with Crippen LogP contribution in [0, 0.1) is 11.3 Å². The molecule has 19 heavy (non-hydrogen) atoms. The molecule has 0 aliphatic carbocycles. The molecule has 0 aromatic heterocycles. The first-order valence-electron chi connectivity index (χ1n) is 5.88. The number of amidine groups is 1. The highest BCUT2D eigenvalue weighted by atomic mass is 32.2. The van der Waals surface area contributed by atoms with Crippen LogP contribution in [0.1, 0.15) is 26.7 Å². The fourth-order valence-corrected chi connectivity index (χ4v) is 3.04. The predicted molar refractivity (Wildman–Crippen MR) is 67.4 cm³/mol. The van der Waals surface area contributed by atoms with Gasteiger partial charge in [0.15, 0.2) is 0 Å². The number of nitrogens with zero attached hydrogens (tertiary/aromatic N) is 1. The minimum absolute atomic E-state index is 0.0141. The number of halogens is 3. The SMILES string of the molecule is CCN(CC(C)C(=N)N)S(=O)(=O)CCCC(F)(F)F. The van der Waals surface area contributed by atoms with Gasteiger partial charge in [0, 0.05) is 25.4 Å². The van der Waals surface area contributed by atoms with Crippen LogP contribution in [-0.4, -0.2) is 43.6 Å². The molecule has 9 heteroatoms. The lowest BCUT2D eigenvalue weighted by Gasteiger charge is -2.23. The van der Waals surface area contributed by atoms with E-state index in [9.17, 15) is 21.6 Å². The van der Waals surface area contributed by atoms with E-state index in [0.717, 1.165) is 4.31 Å². The summed E-state index contributed by atoms with van der Waals surface area (Å²) in [7, 11) is -3.74. The van der Waals surface area contributed by atoms with Crippen LogP contribution in [0.15, 0.2) is 0 Å². The standard InChI is InChI=1S/C10H20F3N3O2S/c1-3-16(7-8(2)9(14)15)19(17,18)6-4-5-10(11,12)13/h8H,3-7H2,1-2H3,(H3,14,15). The summed E-state index contributed by atoms with van der Waals surface area (Å²) in [4.78, 5) is 0. The molecule has 0 aromatic carbocycles. The highest BCUT2D eigenvalue weighted by molar-refractivity contribution is 7.89. The molecule has 114 valence electrons. The topological polar surface area (TPSA) is 87.2 Å². The third-order valence-corrected chi connectivity index (χ3v) is 4.62. The number of nitrogens with one attached hydrogen (secondary N) is 1. The number of sulfonamides is 1. The summed E-state index contributed by atoms with van der Waals surface area (Å²) in [6.45, 7) is 3.34. The third kappa shape index (κ3) is 7.36. The van der Waals surface area contributed by atoms with Gasteiger partial charge in [0.25, 0.3) is 0 Å². The lowest BCUT2D eigenvalue weighted by molar-refractivity contribution is -0.134. The molecule has 0 radical (unpaired) electrons. The average Bonchev–Trinajstić information content (AvgIpc) is 2.22. The van der Waals surface area contributed by atoms with Crippen LogP contribution in [0.5, 0.6) is 0 Å². The molecule has 0 rings (SSSR count). The molecule has 0 saturated heterocycles. The van der Waals surface area contributed by atoms with Crippen molar-refractivity contribution in [3.8, 4) is 0 Å². The molecule has 0 spiro atoms. The Bertz CT molecular complexity index is 395. The van der Waals surface area contributed by atoms with Crippen LogP contribution >= 0.6 is 0 Å². The number of hydrogen-bond donors (Lipinski definition) is 2. The quantitative estimate of drug-likeness (QED) is 0.527. The van der Waals surface area contributed by atoms with Crippen molar-refractivity contribution in [1.29, 1.82) is 5.41 Å². The smallest absolute Gasteiger partial charge is 0.387 e. The van der Waals surface area contributed by atoms with Crippen molar-refractivity contribution in [2.45, 2.75) is 32.9 Å². The maximum absolute atomic E-state index is 12.0. The number of hydrogen-bond acceptors (Lipinski definition) is 3. The average molecular weight is 303 g/mol. The molecular weight excluding hydrogens is 283 g/mol. The number of rotatable bonds is 8. The highest BCUT2D eigenvalue weighted by Gasteiger charge is 2.29. The monoisotopic (exact) mass is 303 g/mol. The molecule has 0 aliphatic rings. The maximum Gasteiger partial charge on any atom is 0.389 e. The second-order valence-corrected chi connectivity index (χ2v) is 6.43. The molecule has 5 nitrogen and oxygen atoms in total. The van der Waals surface area contributed by atoms with Gasteiger partial charge in [0.05, 0.1) is 11.6 Å². The summed E-state index contributed by atoms with van der Waals surface area (Å²) in [5.41, 5.74) is 5.25. The van der Waals surface area contributed by atoms with Crippen LogP contribution in [0.25, 0.3) is 0 Å². The summed E-state index contributed by atoms with van der Waals surface area (Å²) in [6, 6.07) is 0. The number of nitrogens with two attached hydrogens (primary N) is 1. The Morgan fingerprint density at radius 2 is 1.95 bits per heavy atom. The number of alkyl halides is 3. The normalized spacial score (nSPS) is 14.6. The molecule has 0 saturated carbocycles. The summed E-state index contributed by atoms with van der Waals surface area (Å²) < 4.78 is 60.7. The maximum atomic E-state index is 12.0. The second-order valence-electron chi connectivity index (χ2n) is 4.34. The fourth-order valence-electron chi connectivity index (χ4n) is 1.43. The first-order valence-corrected chi connectivity index (χ1v) is 7.49. The minimum atomic E-state index is -4.35. The summed E-state index contributed by atoms with van der Waals surface area (Å²) in [6.07, 6.45) is -5.93. The summed E-state index contributed by atoms with van der Waals surface area (Å²) in [5, 5.41) is 7.20. The zero-order chi connectivity index (χ0) is 15.3. The van der Waals surface area contributed by atoms with Crippen molar-refractivity contribution in [1.82, 2.24) is 4.31 Å². The molecule has 0 aromatic rings. The predicted octanol–water partition coefficient (Wildman–Crippen LogP) is 1.55. The van der Waals surface area contributed by atoms with Gasteiger partial charge >= 0.3 is 6.18 Å². The minimum Gasteiger partial charge on any atom is -0.387 e. The van der Waals surface area contributed by atoms with Crippen LogP contribution in [0.4, 0.5) is 13.2 Å². The highest BCUT2D eigenvalue weighted by Crippen LogP contribution is 2.22. The van der Waals surface area contributed by atoms with Crippen molar-refractivity contribution >= 4 is 15.9 Å². The van der Waals surface area contributed by atoms with E-state index >= 15 is 0 Å². The van der Waals surface area contributed by atoms with Crippen molar-refractivity contribution in [2.75, 3.05) is 18.8 Å². The van der Waals surface area contributed by atoms with E-state index in [1.165, 1.54) is 0 Å². The molecule has 3 N–H and O–H groups in total. The third-order valence-electron chi connectivity index (χ3n) is 2.62. The Balaban J connectivity index is 4.54. The fraction of sp³-hybridized carbons (Fsp3) is 0.900. The van der Waals surface area contributed by atoms with E-state index in [0.29, 0.717) is 0 Å². The molecule has 0 amide bonds. The molecule has 1 atom stereocenters. The zero-order valence-corrected chi connectivity index (χ0v) is 11.8. The van der Waals surface area contributed by atoms with Gasteiger partial charge in [-0.25, -0.2) is 12.7 Å². The summed E-state index contributed by atoms with van der Waals surface area (Å²) in [5.74, 6) is -1.16.